The first-order valence-corrected chi connectivity index (χ1v) is 7.01. The van der Waals surface area contributed by atoms with Crippen LogP contribution in [0.25, 0.3) is 0 Å². The van der Waals surface area contributed by atoms with Crippen LogP contribution in [0.3, 0.4) is 0 Å². The molecule has 0 spiro atoms. The predicted molar refractivity (Wildman–Crippen MR) is 83.5 cm³/mol. The van der Waals surface area contributed by atoms with E-state index in [0.717, 1.165) is 33.0 Å². The minimum atomic E-state index is 0.643. The van der Waals surface area contributed by atoms with Crippen LogP contribution in [0.4, 0.5) is 5.69 Å². The molecule has 1 aromatic carbocycles. The van der Waals surface area contributed by atoms with Gasteiger partial charge in [0.05, 0.1) is 25.6 Å². The van der Waals surface area contributed by atoms with Gasteiger partial charge >= 0.3 is 0 Å². The van der Waals surface area contributed by atoms with Crippen LogP contribution < -0.4 is 14.8 Å². The molecule has 0 saturated carbocycles. The van der Waals surface area contributed by atoms with E-state index in [1.807, 2.05) is 37.3 Å². The number of hydrogen-bond acceptors (Lipinski definition) is 4. The quantitative estimate of drug-likeness (QED) is 0.844. The van der Waals surface area contributed by atoms with Crippen molar-refractivity contribution < 1.29 is 9.47 Å². The standard InChI is InChI=1S/C15H17BrN2O2/c1-10-13(5-7-15(16)18-10)17-9-11-8-12(19-2)4-6-14(11)20-3/h4-8,17H,9H2,1-3H3. The molecule has 0 atom stereocenters. The SMILES string of the molecule is COc1ccc(OC)c(CNc2ccc(Br)nc2C)c1. The van der Waals surface area contributed by atoms with Gasteiger partial charge < -0.3 is 14.8 Å². The first-order valence-electron chi connectivity index (χ1n) is 6.22. The highest BCUT2D eigenvalue weighted by molar-refractivity contribution is 9.10. The number of benzene rings is 1. The molecule has 4 nitrogen and oxygen atoms in total. The third-order valence-corrected chi connectivity index (χ3v) is 3.45. The van der Waals surface area contributed by atoms with Gasteiger partial charge in [0.1, 0.15) is 16.1 Å². The molecule has 0 radical (unpaired) electrons. The smallest absolute Gasteiger partial charge is 0.124 e. The average molecular weight is 337 g/mol. The molecule has 1 heterocycles. The number of ether oxygens (including phenoxy) is 2. The Kier molecular flexibility index (Phi) is 4.84. The lowest BCUT2D eigenvalue weighted by Gasteiger charge is -2.13. The predicted octanol–water partition coefficient (Wildman–Crippen LogP) is 3.78. The number of aryl methyl sites for hydroxylation is 1. The molecule has 0 fully saturated rings. The van der Waals surface area contributed by atoms with E-state index in [1.165, 1.54) is 0 Å². The fourth-order valence-corrected chi connectivity index (χ4v) is 2.33. The summed E-state index contributed by atoms with van der Waals surface area (Å²) in [6.07, 6.45) is 0. The Morgan fingerprint density at radius 2 is 1.95 bits per heavy atom. The van der Waals surface area contributed by atoms with Crippen molar-refractivity contribution in [3.8, 4) is 11.5 Å². The van der Waals surface area contributed by atoms with Crippen molar-refractivity contribution in [1.82, 2.24) is 4.98 Å². The highest BCUT2D eigenvalue weighted by atomic mass is 79.9. The van der Waals surface area contributed by atoms with Crippen molar-refractivity contribution in [3.05, 3.63) is 46.2 Å². The van der Waals surface area contributed by atoms with Crippen LogP contribution >= 0.6 is 15.9 Å². The van der Waals surface area contributed by atoms with Gasteiger partial charge in [-0.05, 0) is 53.2 Å². The Morgan fingerprint density at radius 1 is 1.15 bits per heavy atom. The highest BCUT2D eigenvalue weighted by Crippen LogP contribution is 2.25. The zero-order chi connectivity index (χ0) is 14.5. The molecule has 0 bridgehead atoms. The molecule has 0 aliphatic carbocycles. The van der Waals surface area contributed by atoms with Crippen LogP contribution in [0.1, 0.15) is 11.3 Å². The molecule has 1 N–H and O–H groups in total. The first-order chi connectivity index (χ1) is 9.63. The molecule has 0 aliphatic heterocycles. The topological polar surface area (TPSA) is 43.4 Å². The number of nitrogens with zero attached hydrogens (tertiary/aromatic N) is 1. The number of aromatic nitrogens is 1. The fourth-order valence-electron chi connectivity index (χ4n) is 1.93. The molecule has 5 heteroatoms. The first kappa shape index (κ1) is 14.7. The number of hydrogen-bond donors (Lipinski definition) is 1. The minimum absolute atomic E-state index is 0.643. The molecule has 0 unspecified atom stereocenters. The van der Waals surface area contributed by atoms with Gasteiger partial charge in [-0.3, -0.25) is 0 Å². The average Bonchev–Trinajstić information content (AvgIpc) is 2.46. The fraction of sp³-hybridized carbons (Fsp3) is 0.267. The summed E-state index contributed by atoms with van der Waals surface area (Å²) in [5.74, 6) is 1.65. The van der Waals surface area contributed by atoms with E-state index in [2.05, 4.69) is 26.2 Å². The minimum Gasteiger partial charge on any atom is -0.497 e. The van der Waals surface area contributed by atoms with Crippen LogP contribution in [-0.4, -0.2) is 19.2 Å². The van der Waals surface area contributed by atoms with E-state index in [0.29, 0.717) is 6.54 Å². The molecule has 0 amide bonds. The van der Waals surface area contributed by atoms with Crippen LogP contribution in [0, 0.1) is 6.92 Å². The van der Waals surface area contributed by atoms with Gasteiger partial charge in [-0.25, -0.2) is 4.98 Å². The summed E-state index contributed by atoms with van der Waals surface area (Å²) in [5.41, 5.74) is 2.98. The zero-order valence-electron chi connectivity index (χ0n) is 11.7. The van der Waals surface area contributed by atoms with Crippen molar-refractivity contribution in [1.29, 1.82) is 0 Å². The van der Waals surface area contributed by atoms with Crippen molar-refractivity contribution in [3.63, 3.8) is 0 Å². The lowest BCUT2D eigenvalue weighted by molar-refractivity contribution is 0.399. The molecule has 20 heavy (non-hydrogen) atoms. The van der Waals surface area contributed by atoms with Crippen LogP contribution in [0.15, 0.2) is 34.9 Å². The Balaban J connectivity index is 2.17. The third kappa shape index (κ3) is 3.42. The maximum absolute atomic E-state index is 5.36. The molecule has 2 rings (SSSR count). The van der Waals surface area contributed by atoms with Crippen molar-refractivity contribution in [2.45, 2.75) is 13.5 Å². The second kappa shape index (κ2) is 6.61. The van der Waals surface area contributed by atoms with E-state index >= 15 is 0 Å². The van der Waals surface area contributed by atoms with E-state index in [1.54, 1.807) is 14.2 Å². The second-order valence-electron chi connectivity index (χ2n) is 4.30. The monoisotopic (exact) mass is 336 g/mol. The Morgan fingerprint density at radius 3 is 2.60 bits per heavy atom. The summed E-state index contributed by atoms with van der Waals surface area (Å²) in [7, 11) is 3.32. The van der Waals surface area contributed by atoms with Gasteiger partial charge in [-0.1, -0.05) is 0 Å². The molecule has 0 saturated heterocycles. The van der Waals surface area contributed by atoms with Crippen LogP contribution in [0.5, 0.6) is 11.5 Å². The lowest BCUT2D eigenvalue weighted by atomic mass is 10.2. The molecular weight excluding hydrogens is 320 g/mol. The highest BCUT2D eigenvalue weighted by Gasteiger charge is 2.06. The lowest BCUT2D eigenvalue weighted by Crippen LogP contribution is -2.04. The number of nitrogens with one attached hydrogen (secondary N) is 1. The van der Waals surface area contributed by atoms with Crippen molar-refractivity contribution in [2.75, 3.05) is 19.5 Å². The molecule has 2 aromatic rings. The maximum Gasteiger partial charge on any atom is 0.124 e. The largest absolute Gasteiger partial charge is 0.497 e. The Bertz CT molecular complexity index is 602. The van der Waals surface area contributed by atoms with Crippen LogP contribution in [0.2, 0.25) is 0 Å². The number of halogens is 1. The third-order valence-electron chi connectivity index (χ3n) is 3.01. The summed E-state index contributed by atoms with van der Waals surface area (Å²) in [4.78, 5) is 4.36. The molecule has 0 aliphatic rings. The second-order valence-corrected chi connectivity index (χ2v) is 5.11. The maximum atomic E-state index is 5.36. The summed E-state index contributed by atoms with van der Waals surface area (Å²) in [5, 5.41) is 3.36. The summed E-state index contributed by atoms with van der Waals surface area (Å²) < 4.78 is 11.4. The Labute approximate surface area is 127 Å². The van der Waals surface area contributed by atoms with Gasteiger partial charge in [-0.2, -0.15) is 0 Å². The van der Waals surface area contributed by atoms with E-state index in [4.69, 9.17) is 9.47 Å². The van der Waals surface area contributed by atoms with Crippen molar-refractivity contribution >= 4 is 21.6 Å². The van der Waals surface area contributed by atoms with Gasteiger partial charge in [0.15, 0.2) is 0 Å². The number of rotatable bonds is 5. The van der Waals surface area contributed by atoms with E-state index in [-0.39, 0.29) is 0 Å². The van der Waals surface area contributed by atoms with Gasteiger partial charge in [-0.15, -0.1) is 0 Å². The van der Waals surface area contributed by atoms with Crippen molar-refractivity contribution in [2.24, 2.45) is 0 Å². The molecular formula is C15H17BrN2O2. The zero-order valence-corrected chi connectivity index (χ0v) is 13.3. The number of pyridine rings is 1. The van der Waals surface area contributed by atoms with E-state index in [9.17, 15) is 0 Å². The van der Waals surface area contributed by atoms with Gasteiger partial charge in [0.2, 0.25) is 0 Å². The normalized spacial score (nSPS) is 10.2. The Hall–Kier alpha value is -1.75. The molecule has 106 valence electrons. The summed E-state index contributed by atoms with van der Waals surface area (Å²) in [6, 6.07) is 9.67. The summed E-state index contributed by atoms with van der Waals surface area (Å²) in [6.45, 7) is 2.61. The van der Waals surface area contributed by atoms with Crippen LogP contribution in [-0.2, 0) is 6.54 Å². The number of methoxy groups -OCH3 is 2. The summed E-state index contributed by atoms with van der Waals surface area (Å²) >= 11 is 3.36. The molecule has 1 aromatic heterocycles. The van der Waals surface area contributed by atoms with Gasteiger partial charge in [0, 0.05) is 12.1 Å². The van der Waals surface area contributed by atoms with E-state index < -0.39 is 0 Å². The van der Waals surface area contributed by atoms with Gasteiger partial charge in [0.25, 0.3) is 0 Å². The number of anilines is 1.